The minimum atomic E-state index is -1.34. The van der Waals surface area contributed by atoms with Gasteiger partial charge in [0.2, 0.25) is 0 Å². The highest BCUT2D eigenvalue weighted by Gasteiger charge is 2.12. The standard InChI is InChI=1S/C14H9F4NO2/c15-9-2-1-7(14(20)21)3-8(9)6-19-13-5-11(17)10(16)4-12(13)18/h1-5,19H,6H2,(H,20,21). The van der Waals surface area contributed by atoms with E-state index in [2.05, 4.69) is 5.32 Å². The lowest BCUT2D eigenvalue weighted by atomic mass is 10.1. The molecule has 0 saturated heterocycles. The van der Waals surface area contributed by atoms with Crippen LogP contribution >= 0.6 is 0 Å². The number of halogens is 4. The zero-order valence-corrected chi connectivity index (χ0v) is 10.5. The number of carbonyl (C=O) groups is 1. The molecular formula is C14H9F4NO2. The second-order valence-corrected chi connectivity index (χ2v) is 4.21. The SMILES string of the molecule is O=C(O)c1ccc(F)c(CNc2cc(F)c(F)cc2F)c1. The molecule has 7 heteroatoms. The Morgan fingerprint density at radius 3 is 2.29 bits per heavy atom. The highest BCUT2D eigenvalue weighted by molar-refractivity contribution is 5.87. The van der Waals surface area contributed by atoms with E-state index >= 15 is 0 Å². The summed E-state index contributed by atoms with van der Waals surface area (Å²) in [6, 6.07) is 4.08. The average Bonchev–Trinajstić information content (AvgIpc) is 2.42. The lowest BCUT2D eigenvalue weighted by Crippen LogP contribution is -2.06. The lowest BCUT2D eigenvalue weighted by molar-refractivity contribution is 0.0696. The van der Waals surface area contributed by atoms with Crippen molar-refractivity contribution in [2.75, 3.05) is 5.32 Å². The van der Waals surface area contributed by atoms with Crippen LogP contribution in [0.25, 0.3) is 0 Å². The summed E-state index contributed by atoms with van der Waals surface area (Å²) in [6.07, 6.45) is 0. The quantitative estimate of drug-likeness (QED) is 0.670. The van der Waals surface area contributed by atoms with Crippen molar-refractivity contribution in [1.82, 2.24) is 0 Å². The highest BCUT2D eigenvalue weighted by Crippen LogP contribution is 2.20. The molecule has 0 amide bonds. The molecule has 2 aromatic rings. The Balaban J connectivity index is 2.22. The summed E-state index contributed by atoms with van der Waals surface area (Å²) in [5, 5.41) is 11.2. The van der Waals surface area contributed by atoms with Gasteiger partial charge in [-0.15, -0.1) is 0 Å². The number of nitrogens with one attached hydrogen (secondary N) is 1. The van der Waals surface area contributed by atoms with Crippen molar-refractivity contribution in [2.45, 2.75) is 6.54 Å². The van der Waals surface area contributed by atoms with Gasteiger partial charge in [0.15, 0.2) is 11.6 Å². The number of hydrogen-bond donors (Lipinski definition) is 2. The molecule has 0 atom stereocenters. The van der Waals surface area contributed by atoms with Crippen molar-refractivity contribution >= 4 is 11.7 Å². The molecule has 0 aromatic heterocycles. The van der Waals surface area contributed by atoms with Gasteiger partial charge in [0, 0.05) is 24.2 Å². The van der Waals surface area contributed by atoms with Crippen LogP contribution in [-0.4, -0.2) is 11.1 Å². The molecule has 0 aliphatic carbocycles. The normalized spacial score (nSPS) is 10.5. The van der Waals surface area contributed by atoms with Crippen LogP contribution in [0.1, 0.15) is 15.9 Å². The van der Waals surface area contributed by atoms with Gasteiger partial charge < -0.3 is 10.4 Å². The Kier molecular flexibility index (Phi) is 4.11. The molecule has 3 nitrogen and oxygen atoms in total. The summed E-state index contributed by atoms with van der Waals surface area (Å²) in [5.74, 6) is -5.56. The molecule has 0 aliphatic rings. The molecule has 2 aromatic carbocycles. The van der Waals surface area contributed by atoms with Crippen molar-refractivity contribution in [1.29, 1.82) is 0 Å². The van der Waals surface area contributed by atoms with Crippen LogP contribution in [0.15, 0.2) is 30.3 Å². The van der Waals surface area contributed by atoms with Crippen molar-refractivity contribution < 1.29 is 27.5 Å². The summed E-state index contributed by atoms with van der Waals surface area (Å²) in [4.78, 5) is 10.8. The van der Waals surface area contributed by atoms with E-state index in [1.807, 2.05) is 0 Å². The van der Waals surface area contributed by atoms with E-state index in [0.29, 0.717) is 12.1 Å². The maximum Gasteiger partial charge on any atom is 0.335 e. The van der Waals surface area contributed by atoms with Crippen molar-refractivity contribution in [3.8, 4) is 0 Å². The highest BCUT2D eigenvalue weighted by atomic mass is 19.2. The number of aromatic carboxylic acids is 1. The molecule has 0 saturated carbocycles. The van der Waals surface area contributed by atoms with Gasteiger partial charge >= 0.3 is 5.97 Å². The van der Waals surface area contributed by atoms with Crippen LogP contribution < -0.4 is 5.32 Å². The summed E-state index contributed by atoms with van der Waals surface area (Å²) in [6.45, 7) is -0.283. The largest absolute Gasteiger partial charge is 0.478 e. The van der Waals surface area contributed by atoms with Gasteiger partial charge in [-0.3, -0.25) is 0 Å². The summed E-state index contributed by atoms with van der Waals surface area (Å²) >= 11 is 0. The molecule has 0 spiro atoms. The van der Waals surface area contributed by atoms with Gasteiger partial charge in [-0.05, 0) is 18.2 Å². The number of anilines is 1. The van der Waals surface area contributed by atoms with Crippen LogP contribution in [-0.2, 0) is 6.54 Å². The topological polar surface area (TPSA) is 49.3 Å². The number of rotatable bonds is 4. The third-order valence-electron chi connectivity index (χ3n) is 2.77. The third kappa shape index (κ3) is 3.31. The molecule has 2 rings (SSSR count). The van der Waals surface area contributed by atoms with Crippen molar-refractivity contribution in [3.63, 3.8) is 0 Å². The third-order valence-corrected chi connectivity index (χ3v) is 2.77. The fourth-order valence-corrected chi connectivity index (χ4v) is 1.69. The molecule has 21 heavy (non-hydrogen) atoms. The van der Waals surface area contributed by atoms with E-state index < -0.39 is 29.2 Å². The maximum atomic E-state index is 13.5. The lowest BCUT2D eigenvalue weighted by Gasteiger charge is -2.09. The number of carboxylic acid groups (broad SMARTS) is 1. The number of benzene rings is 2. The Morgan fingerprint density at radius 2 is 1.62 bits per heavy atom. The molecule has 0 aliphatic heterocycles. The Hall–Kier alpha value is -2.57. The van der Waals surface area contributed by atoms with E-state index in [9.17, 15) is 22.4 Å². The zero-order chi connectivity index (χ0) is 15.6. The van der Waals surface area contributed by atoms with Crippen LogP contribution in [0.5, 0.6) is 0 Å². The fraction of sp³-hybridized carbons (Fsp3) is 0.0714. The summed E-state index contributed by atoms with van der Waals surface area (Å²) in [5.41, 5.74) is -0.535. The average molecular weight is 299 g/mol. The first-order chi connectivity index (χ1) is 9.88. The molecular weight excluding hydrogens is 290 g/mol. The minimum absolute atomic E-state index is 0.0426. The second kappa shape index (κ2) is 5.82. The fourth-order valence-electron chi connectivity index (χ4n) is 1.69. The molecule has 0 unspecified atom stereocenters. The van der Waals surface area contributed by atoms with E-state index in [-0.39, 0.29) is 23.4 Å². The Morgan fingerprint density at radius 1 is 0.952 bits per heavy atom. The van der Waals surface area contributed by atoms with Crippen LogP contribution in [0, 0.1) is 23.3 Å². The van der Waals surface area contributed by atoms with Gasteiger partial charge in [0.05, 0.1) is 11.3 Å². The summed E-state index contributed by atoms with van der Waals surface area (Å²) in [7, 11) is 0. The molecule has 0 fully saturated rings. The predicted octanol–water partition coefficient (Wildman–Crippen LogP) is 3.55. The first-order valence-corrected chi connectivity index (χ1v) is 5.78. The van der Waals surface area contributed by atoms with Gasteiger partial charge in [-0.25, -0.2) is 22.4 Å². The van der Waals surface area contributed by atoms with Crippen molar-refractivity contribution in [3.05, 3.63) is 64.7 Å². The van der Waals surface area contributed by atoms with Gasteiger partial charge in [-0.2, -0.15) is 0 Å². The zero-order valence-electron chi connectivity index (χ0n) is 10.5. The molecule has 110 valence electrons. The smallest absolute Gasteiger partial charge is 0.335 e. The first kappa shape index (κ1) is 14.8. The number of hydrogen-bond acceptors (Lipinski definition) is 2. The van der Waals surface area contributed by atoms with Crippen LogP contribution in [0.4, 0.5) is 23.2 Å². The maximum absolute atomic E-state index is 13.5. The van der Waals surface area contributed by atoms with Gasteiger partial charge in [0.1, 0.15) is 11.6 Å². The molecule has 2 N–H and O–H groups in total. The Labute approximate surface area is 116 Å². The molecule has 0 radical (unpaired) electrons. The monoisotopic (exact) mass is 299 g/mol. The van der Waals surface area contributed by atoms with E-state index in [1.165, 1.54) is 0 Å². The second-order valence-electron chi connectivity index (χ2n) is 4.21. The van der Waals surface area contributed by atoms with Crippen LogP contribution in [0.3, 0.4) is 0 Å². The van der Waals surface area contributed by atoms with E-state index in [1.54, 1.807) is 0 Å². The van der Waals surface area contributed by atoms with Gasteiger partial charge in [0.25, 0.3) is 0 Å². The van der Waals surface area contributed by atoms with Gasteiger partial charge in [-0.1, -0.05) is 0 Å². The summed E-state index contributed by atoms with van der Waals surface area (Å²) < 4.78 is 52.7. The predicted molar refractivity (Wildman–Crippen MR) is 67.0 cm³/mol. The van der Waals surface area contributed by atoms with E-state index in [4.69, 9.17) is 5.11 Å². The number of carboxylic acids is 1. The molecule has 0 heterocycles. The van der Waals surface area contributed by atoms with E-state index in [0.717, 1.165) is 18.2 Å². The molecule has 0 bridgehead atoms. The van der Waals surface area contributed by atoms with Crippen molar-refractivity contribution in [2.24, 2.45) is 0 Å². The Bertz CT molecular complexity index is 704. The minimum Gasteiger partial charge on any atom is -0.478 e. The first-order valence-electron chi connectivity index (χ1n) is 5.78. The van der Waals surface area contributed by atoms with Crippen LogP contribution in [0.2, 0.25) is 0 Å².